The second-order valence-electron chi connectivity index (χ2n) is 4.49. The van der Waals surface area contributed by atoms with E-state index in [1.807, 2.05) is 0 Å². The van der Waals surface area contributed by atoms with E-state index in [1.54, 1.807) is 0 Å². The first-order valence-corrected chi connectivity index (χ1v) is 5.54. The lowest BCUT2D eigenvalue weighted by Crippen LogP contribution is -2.33. The molecule has 1 saturated carbocycles. The van der Waals surface area contributed by atoms with E-state index in [0.717, 1.165) is 11.8 Å². The molecule has 4 unspecified atom stereocenters. The molecule has 2 aliphatic rings. The van der Waals surface area contributed by atoms with Gasteiger partial charge in [-0.2, -0.15) is 0 Å². The van der Waals surface area contributed by atoms with Crippen LogP contribution in [0, 0.1) is 11.8 Å². The van der Waals surface area contributed by atoms with E-state index in [4.69, 9.17) is 9.47 Å². The highest BCUT2D eigenvalue weighted by Crippen LogP contribution is 2.36. The molecule has 0 radical (unpaired) electrons. The molecule has 0 aromatic heterocycles. The highest BCUT2D eigenvalue weighted by Gasteiger charge is 2.37. The summed E-state index contributed by atoms with van der Waals surface area (Å²) in [5.74, 6) is 1.72. The van der Waals surface area contributed by atoms with Gasteiger partial charge in [-0.05, 0) is 31.1 Å². The van der Waals surface area contributed by atoms with Crippen molar-refractivity contribution in [1.82, 2.24) is 0 Å². The van der Waals surface area contributed by atoms with Crippen LogP contribution < -0.4 is 0 Å². The van der Waals surface area contributed by atoms with Gasteiger partial charge in [-0.1, -0.05) is 20.3 Å². The predicted octanol–water partition coefficient (Wildman–Crippen LogP) is 2.57. The lowest BCUT2D eigenvalue weighted by Gasteiger charge is -2.32. The molecule has 13 heavy (non-hydrogen) atoms. The van der Waals surface area contributed by atoms with E-state index in [0.29, 0.717) is 19.0 Å². The molecule has 4 atom stereocenters. The van der Waals surface area contributed by atoms with Crippen molar-refractivity contribution in [3.05, 3.63) is 0 Å². The summed E-state index contributed by atoms with van der Waals surface area (Å²) >= 11 is 0. The number of hydrogen-bond donors (Lipinski definition) is 0. The van der Waals surface area contributed by atoms with Gasteiger partial charge in [-0.25, -0.2) is 0 Å². The van der Waals surface area contributed by atoms with Gasteiger partial charge in [0.05, 0.1) is 12.2 Å². The maximum absolute atomic E-state index is 5.56. The monoisotopic (exact) mass is 184 g/mol. The molecule has 0 aromatic carbocycles. The lowest BCUT2D eigenvalue weighted by atomic mass is 9.77. The van der Waals surface area contributed by atoms with Crippen molar-refractivity contribution in [3.63, 3.8) is 0 Å². The van der Waals surface area contributed by atoms with Gasteiger partial charge < -0.3 is 9.47 Å². The average Bonchev–Trinajstić information content (AvgIpc) is 2.63. The Bertz CT molecular complexity index is 169. The second-order valence-corrected chi connectivity index (χ2v) is 4.49. The third-order valence-corrected chi connectivity index (χ3v) is 3.78. The van der Waals surface area contributed by atoms with Crippen LogP contribution in [0.3, 0.4) is 0 Å². The average molecular weight is 184 g/mol. The maximum Gasteiger partial charge on any atom is 0.147 e. The molecule has 2 nitrogen and oxygen atoms in total. The molecule has 0 spiro atoms. The third-order valence-electron chi connectivity index (χ3n) is 3.78. The molecule has 2 rings (SSSR count). The van der Waals surface area contributed by atoms with Crippen LogP contribution in [0.1, 0.15) is 39.5 Å². The molecule has 0 bridgehead atoms. The van der Waals surface area contributed by atoms with Crippen molar-refractivity contribution in [2.45, 2.75) is 51.7 Å². The first-order valence-electron chi connectivity index (χ1n) is 5.54. The Morgan fingerprint density at radius 3 is 2.77 bits per heavy atom. The van der Waals surface area contributed by atoms with E-state index in [1.165, 1.54) is 25.7 Å². The van der Waals surface area contributed by atoms with Crippen molar-refractivity contribution in [2.24, 2.45) is 11.8 Å². The lowest BCUT2D eigenvalue weighted by molar-refractivity contribution is 0.0377. The summed E-state index contributed by atoms with van der Waals surface area (Å²) in [4.78, 5) is 0. The first-order chi connectivity index (χ1) is 6.31. The minimum atomic E-state index is 0.410. The molecule has 0 N–H and O–H groups in total. The molecule has 0 amide bonds. The quantitative estimate of drug-likeness (QED) is 0.656. The van der Waals surface area contributed by atoms with Crippen molar-refractivity contribution in [3.8, 4) is 0 Å². The summed E-state index contributed by atoms with van der Waals surface area (Å²) in [5, 5.41) is 0. The Morgan fingerprint density at radius 2 is 2.00 bits per heavy atom. The summed E-state index contributed by atoms with van der Waals surface area (Å²) < 4.78 is 11.1. The molecule has 76 valence electrons. The van der Waals surface area contributed by atoms with Gasteiger partial charge in [0.15, 0.2) is 0 Å². The summed E-state index contributed by atoms with van der Waals surface area (Å²) in [7, 11) is 0. The van der Waals surface area contributed by atoms with Crippen LogP contribution >= 0.6 is 0 Å². The van der Waals surface area contributed by atoms with Gasteiger partial charge in [-0.3, -0.25) is 0 Å². The van der Waals surface area contributed by atoms with Crippen molar-refractivity contribution < 1.29 is 9.47 Å². The normalized spacial score (nSPS) is 41.5. The summed E-state index contributed by atoms with van der Waals surface area (Å²) in [6, 6.07) is 0. The molecule has 2 heteroatoms. The van der Waals surface area contributed by atoms with E-state index in [9.17, 15) is 0 Å². The standard InChI is InChI=1S/C11H20O2/c1-3-8(2)9-4-5-10-11(6-9)13-7-12-10/h8-11H,3-7H2,1-2H3. The van der Waals surface area contributed by atoms with Crippen LogP contribution in [-0.4, -0.2) is 19.0 Å². The Morgan fingerprint density at radius 1 is 1.23 bits per heavy atom. The molecular weight excluding hydrogens is 164 g/mol. The summed E-state index contributed by atoms with van der Waals surface area (Å²) in [6.07, 6.45) is 5.88. The Hall–Kier alpha value is -0.0800. The smallest absolute Gasteiger partial charge is 0.147 e. The Kier molecular flexibility index (Phi) is 2.89. The van der Waals surface area contributed by atoms with Crippen LogP contribution in [-0.2, 0) is 9.47 Å². The molecule has 2 fully saturated rings. The zero-order chi connectivity index (χ0) is 9.26. The van der Waals surface area contributed by atoms with Gasteiger partial charge in [-0.15, -0.1) is 0 Å². The van der Waals surface area contributed by atoms with Crippen molar-refractivity contribution in [2.75, 3.05) is 6.79 Å². The van der Waals surface area contributed by atoms with Crippen LogP contribution in [0.25, 0.3) is 0 Å². The molecule has 1 heterocycles. The van der Waals surface area contributed by atoms with E-state index in [2.05, 4.69) is 13.8 Å². The second kappa shape index (κ2) is 3.97. The fourth-order valence-corrected chi connectivity index (χ4v) is 2.56. The number of rotatable bonds is 2. The Balaban J connectivity index is 1.89. The zero-order valence-electron chi connectivity index (χ0n) is 8.66. The van der Waals surface area contributed by atoms with Crippen molar-refractivity contribution >= 4 is 0 Å². The van der Waals surface area contributed by atoms with Gasteiger partial charge in [0.1, 0.15) is 6.79 Å². The first kappa shape index (κ1) is 9.47. The van der Waals surface area contributed by atoms with E-state index >= 15 is 0 Å². The highest BCUT2D eigenvalue weighted by molar-refractivity contribution is 4.85. The molecular formula is C11H20O2. The van der Waals surface area contributed by atoms with Gasteiger partial charge >= 0.3 is 0 Å². The topological polar surface area (TPSA) is 18.5 Å². The van der Waals surface area contributed by atoms with Gasteiger partial charge in [0.2, 0.25) is 0 Å². The highest BCUT2D eigenvalue weighted by atomic mass is 16.7. The van der Waals surface area contributed by atoms with Crippen LogP contribution in [0.15, 0.2) is 0 Å². The van der Waals surface area contributed by atoms with Gasteiger partial charge in [0, 0.05) is 0 Å². The SMILES string of the molecule is CCC(C)C1CCC2OCOC2C1. The maximum atomic E-state index is 5.56. The van der Waals surface area contributed by atoms with Crippen LogP contribution in [0.4, 0.5) is 0 Å². The molecule has 0 aromatic rings. The molecule has 1 saturated heterocycles. The minimum absolute atomic E-state index is 0.410. The number of hydrogen-bond acceptors (Lipinski definition) is 2. The largest absolute Gasteiger partial charge is 0.349 e. The van der Waals surface area contributed by atoms with E-state index < -0.39 is 0 Å². The van der Waals surface area contributed by atoms with Gasteiger partial charge in [0.25, 0.3) is 0 Å². The summed E-state index contributed by atoms with van der Waals surface area (Å²) in [6.45, 7) is 5.17. The summed E-state index contributed by atoms with van der Waals surface area (Å²) in [5.41, 5.74) is 0. The fraction of sp³-hybridized carbons (Fsp3) is 1.00. The van der Waals surface area contributed by atoms with E-state index in [-0.39, 0.29) is 0 Å². The fourth-order valence-electron chi connectivity index (χ4n) is 2.56. The molecule has 1 aliphatic carbocycles. The van der Waals surface area contributed by atoms with Crippen LogP contribution in [0.5, 0.6) is 0 Å². The number of fused-ring (bicyclic) bond motifs is 1. The Labute approximate surface area is 80.6 Å². The predicted molar refractivity (Wildman–Crippen MR) is 51.4 cm³/mol. The third kappa shape index (κ3) is 1.89. The molecule has 1 aliphatic heterocycles. The van der Waals surface area contributed by atoms with Crippen LogP contribution in [0.2, 0.25) is 0 Å². The minimum Gasteiger partial charge on any atom is -0.349 e. The van der Waals surface area contributed by atoms with Crippen molar-refractivity contribution in [1.29, 1.82) is 0 Å². The zero-order valence-corrected chi connectivity index (χ0v) is 8.66. The number of ether oxygens (including phenoxy) is 2.